The molecule has 0 aliphatic carbocycles. The summed E-state index contributed by atoms with van der Waals surface area (Å²) in [6.07, 6.45) is 1.97. The zero-order chi connectivity index (χ0) is 20.6. The van der Waals surface area contributed by atoms with Gasteiger partial charge in [-0.15, -0.1) is 0 Å². The molecule has 2 N–H and O–H groups in total. The van der Waals surface area contributed by atoms with Gasteiger partial charge in [0.25, 0.3) is 11.8 Å². The molecular weight excluding hydrogens is 416 g/mol. The number of hydrogen-bond acceptors (Lipinski definition) is 5. The van der Waals surface area contributed by atoms with Crippen LogP contribution in [0.2, 0.25) is 5.02 Å². The van der Waals surface area contributed by atoms with Crippen LogP contribution in [0.15, 0.2) is 48.2 Å². The van der Waals surface area contributed by atoms with E-state index in [4.69, 9.17) is 16.3 Å². The van der Waals surface area contributed by atoms with Gasteiger partial charge in [-0.25, -0.2) is 8.42 Å². The van der Waals surface area contributed by atoms with Crippen LogP contribution in [-0.2, 0) is 14.6 Å². The highest BCUT2D eigenvalue weighted by atomic mass is 35.5. The van der Waals surface area contributed by atoms with Gasteiger partial charge in [-0.3, -0.25) is 9.59 Å². The zero-order valence-corrected chi connectivity index (χ0v) is 16.7. The molecule has 0 unspecified atom stereocenters. The Bertz CT molecular complexity index is 1140. The Morgan fingerprint density at radius 1 is 1.24 bits per heavy atom. The van der Waals surface area contributed by atoms with Crippen LogP contribution >= 0.6 is 11.6 Å². The molecular formula is C20H17ClN2O5S. The Morgan fingerprint density at radius 3 is 2.79 bits per heavy atom. The first-order valence-electron chi connectivity index (χ1n) is 8.91. The zero-order valence-electron chi connectivity index (χ0n) is 15.1. The SMILES string of the molecule is O=C1Nc2cc(C(=O)N[C@@H]3CCS(=O)(=O)C3)ccc2O/C1=C\c1cccc(Cl)c1. The predicted octanol–water partition coefficient (Wildman–Crippen LogP) is 2.63. The van der Waals surface area contributed by atoms with Crippen molar-refractivity contribution in [3.63, 3.8) is 0 Å². The minimum atomic E-state index is -3.09. The minimum Gasteiger partial charge on any atom is -0.449 e. The van der Waals surface area contributed by atoms with Crippen LogP contribution in [0, 0.1) is 0 Å². The van der Waals surface area contributed by atoms with Gasteiger partial charge >= 0.3 is 0 Å². The number of sulfone groups is 1. The van der Waals surface area contributed by atoms with Crippen LogP contribution in [0.3, 0.4) is 0 Å². The molecule has 1 atom stereocenters. The number of ether oxygens (including phenoxy) is 1. The number of rotatable bonds is 3. The maximum absolute atomic E-state index is 12.4. The second-order valence-corrected chi connectivity index (χ2v) is 9.57. The molecule has 2 aliphatic rings. The molecule has 0 bridgehead atoms. The fourth-order valence-corrected chi connectivity index (χ4v) is 5.10. The number of nitrogens with one attached hydrogen (secondary N) is 2. The molecule has 2 heterocycles. The summed E-state index contributed by atoms with van der Waals surface area (Å²) in [5.41, 5.74) is 1.39. The minimum absolute atomic E-state index is 0.0544. The van der Waals surface area contributed by atoms with Crippen LogP contribution in [-0.4, -0.2) is 37.8 Å². The van der Waals surface area contributed by atoms with E-state index < -0.39 is 27.7 Å². The van der Waals surface area contributed by atoms with E-state index in [2.05, 4.69) is 10.6 Å². The van der Waals surface area contributed by atoms with Crippen molar-refractivity contribution in [3.8, 4) is 5.75 Å². The molecule has 150 valence electrons. The molecule has 29 heavy (non-hydrogen) atoms. The maximum Gasteiger partial charge on any atom is 0.291 e. The van der Waals surface area contributed by atoms with Gasteiger partial charge in [0, 0.05) is 16.6 Å². The highest BCUT2D eigenvalue weighted by molar-refractivity contribution is 7.91. The molecule has 1 saturated heterocycles. The van der Waals surface area contributed by atoms with E-state index in [1.807, 2.05) is 0 Å². The van der Waals surface area contributed by atoms with E-state index in [1.165, 1.54) is 6.07 Å². The Labute approximate surface area is 172 Å². The number of amides is 2. The van der Waals surface area contributed by atoms with Gasteiger partial charge in [-0.1, -0.05) is 23.7 Å². The Kier molecular flexibility index (Phi) is 5.06. The van der Waals surface area contributed by atoms with Crippen molar-refractivity contribution in [2.24, 2.45) is 0 Å². The normalized spacial score (nSPS) is 21.2. The van der Waals surface area contributed by atoms with Gasteiger partial charge < -0.3 is 15.4 Å². The summed E-state index contributed by atoms with van der Waals surface area (Å²) in [5, 5.41) is 5.97. The molecule has 2 amide bonds. The molecule has 7 nitrogen and oxygen atoms in total. The monoisotopic (exact) mass is 432 g/mol. The molecule has 0 spiro atoms. The van der Waals surface area contributed by atoms with E-state index in [0.29, 0.717) is 34.0 Å². The van der Waals surface area contributed by atoms with Crippen molar-refractivity contribution in [1.82, 2.24) is 5.32 Å². The van der Waals surface area contributed by atoms with Crippen LogP contribution < -0.4 is 15.4 Å². The highest BCUT2D eigenvalue weighted by Gasteiger charge is 2.29. The molecule has 2 aromatic carbocycles. The van der Waals surface area contributed by atoms with Crippen molar-refractivity contribution < 1.29 is 22.7 Å². The standard InChI is InChI=1S/C20H17ClN2O5S/c21-14-3-1-2-12(8-14)9-18-20(25)23-16-10-13(4-5-17(16)28-18)19(24)22-15-6-7-29(26,27)11-15/h1-5,8-10,15H,6-7,11H2,(H,22,24)(H,23,25)/b18-9-/t15-/m1/s1. The average Bonchev–Trinajstić information content (AvgIpc) is 3.00. The van der Waals surface area contributed by atoms with E-state index >= 15 is 0 Å². The lowest BCUT2D eigenvalue weighted by atomic mass is 10.1. The van der Waals surface area contributed by atoms with Crippen LogP contribution in [0.1, 0.15) is 22.3 Å². The van der Waals surface area contributed by atoms with Crippen molar-refractivity contribution >= 4 is 45.0 Å². The molecule has 0 radical (unpaired) electrons. The number of fused-ring (bicyclic) bond motifs is 1. The molecule has 1 fully saturated rings. The fraction of sp³-hybridized carbons (Fsp3) is 0.200. The smallest absolute Gasteiger partial charge is 0.291 e. The van der Waals surface area contributed by atoms with Gasteiger partial charge in [0.05, 0.1) is 17.2 Å². The molecule has 2 aromatic rings. The summed E-state index contributed by atoms with van der Waals surface area (Å²) in [4.78, 5) is 24.8. The fourth-order valence-electron chi connectivity index (χ4n) is 3.23. The quantitative estimate of drug-likeness (QED) is 0.726. The number of carbonyl (C=O) groups is 2. The average molecular weight is 433 g/mol. The third kappa shape index (κ3) is 4.44. The summed E-state index contributed by atoms with van der Waals surface area (Å²) < 4.78 is 28.8. The van der Waals surface area contributed by atoms with Crippen molar-refractivity contribution in [3.05, 3.63) is 64.4 Å². The third-order valence-electron chi connectivity index (χ3n) is 4.65. The summed E-state index contributed by atoms with van der Waals surface area (Å²) in [5.74, 6) is -0.318. The summed E-state index contributed by atoms with van der Waals surface area (Å²) in [6, 6.07) is 11.2. The maximum atomic E-state index is 12.4. The number of benzene rings is 2. The lowest BCUT2D eigenvalue weighted by molar-refractivity contribution is -0.115. The Hall–Kier alpha value is -2.84. The van der Waals surface area contributed by atoms with E-state index in [-0.39, 0.29) is 17.3 Å². The first-order chi connectivity index (χ1) is 13.8. The number of anilines is 1. The number of carbonyl (C=O) groups excluding carboxylic acids is 2. The Morgan fingerprint density at radius 2 is 2.07 bits per heavy atom. The lowest BCUT2D eigenvalue weighted by Crippen LogP contribution is -2.35. The van der Waals surface area contributed by atoms with Gasteiger partial charge in [-0.2, -0.15) is 0 Å². The number of hydrogen-bond donors (Lipinski definition) is 2. The molecule has 4 rings (SSSR count). The largest absolute Gasteiger partial charge is 0.449 e. The third-order valence-corrected chi connectivity index (χ3v) is 6.65. The van der Waals surface area contributed by atoms with Crippen molar-refractivity contribution in [2.75, 3.05) is 16.8 Å². The summed E-state index contributed by atoms with van der Waals surface area (Å²) in [7, 11) is -3.09. The summed E-state index contributed by atoms with van der Waals surface area (Å²) in [6.45, 7) is 0. The van der Waals surface area contributed by atoms with Crippen molar-refractivity contribution in [1.29, 1.82) is 0 Å². The predicted molar refractivity (Wildman–Crippen MR) is 110 cm³/mol. The number of halogens is 1. The van der Waals surface area contributed by atoms with Gasteiger partial charge in [-0.05, 0) is 48.4 Å². The van der Waals surface area contributed by atoms with Gasteiger partial charge in [0.2, 0.25) is 0 Å². The van der Waals surface area contributed by atoms with Crippen molar-refractivity contribution in [2.45, 2.75) is 12.5 Å². The van der Waals surface area contributed by atoms with Crippen LogP contribution in [0.5, 0.6) is 5.75 Å². The lowest BCUT2D eigenvalue weighted by Gasteiger charge is -2.21. The Balaban J connectivity index is 1.51. The van der Waals surface area contributed by atoms with Crippen LogP contribution in [0.4, 0.5) is 5.69 Å². The topological polar surface area (TPSA) is 102 Å². The summed E-state index contributed by atoms with van der Waals surface area (Å²) >= 11 is 5.96. The van der Waals surface area contributed by atoms with E-state index in [0.717, 1.165) is 0 Å². The van der Waals surface area contributed by atoms with E-state index in [1.54, 1.807) is 42.5 Å². The first-order valence-corrected chi connectivity index (χ1v) is 11.1. The molecule has 0 aromatic heterocycles. The molecule has 0 saturated carbocycles. The second-order valence-electron chi connectivity index (χ2n) is 6.90. The first kappa shape index (κ1) is 19.5. The highest BCUT2D eigenvalue weighted by Crippen LogP contribution is 2.32. The molecule has 2 aliphatic heterocycles. The second kappa shape index (κ2) is 7.53. The van der Waals surface area contributed by atoms with Gasteiger partial charge in [0.15, 0.2) is 21.3 Å². The van der Waals surface area contributed by atoms with Gasteiger partial charge in [0.1, 0.15) is 0 Å². The van der Waals surface area contributed by atoms with Crippen LogP contribution in [0.25, 0.3) is 6.08 Å². The molecule has 9 heteroatoms. The van der Waals surface area contributed by atoms with E-state index in [9.17, 15) is 18.0 Å².